The molecular formula is C12H23N3O3. The van der Waals surface area contributed by atoms with Crippen molar-refractivity contribution in [3.63, 3.8) is 0 Å². The number of hydrogen-bond donors (Lipinski definition) is 1. The van der Waals surface area contributed by atoms with E-state index in [1.165, 1.54) is 0 Å². The molecule has 0 unspecified atom stereocenters. The van der Waals surface area contributed by atoms with E-state index in [4.69, 9.17) is 14.4 Å². The van der Waals surface area contributed by atoms with Crippen molar-refractivity contribution in [1.29, 1.82) is 0 Å². The Morgan fingerprint density at radius 1 is 1.33 bits per heavy atom. The fraction of sp³-hybridized carbons (Fsp3) is 0.833. The molecule has 104 valence electrons. The summed E-state index contributed by atoms with van der Waals surface area (Å²) >= 11 is 0. The van der Waals surface area contributed by atoms with Gasteiger partial charge in [0.05, 0.1) is 26.4 Å². The second kappa shape index (κ2) is 6.82. The Hall–Kier alpha value is -0.980. The molecule has 0 saturated carbocycles. The van der Waals surface area contributed by atoms with Crippen molar-refractivity contribution < 1.29 is 14.4 Å². The molecule has 1 aromatic rings. The first kappa shape index (κ1) is 15.1. The highest BCUT2D eigenvalue weighted by Crippen LogP contribution is 2.19. The molecule has 0 bridgehead atoms. The van der Waals surface area contributed by atoms with Gasteiger partial charge in [-0.3, -0.25) is 4.90 Å². The van der Waals surface area contributed by atoms with Crippen LogP contribution in [0.15, 0.2) is 4.52 Å². The maximum atomic E-state index is 8.57. The zero-order chi connectivity index (χ0) is 13.6. The molecule has 1 heterocycles. The number of aliphatic hydroxyl groups is 1. The van der Waals surface area contributed by atoms with Gasteiger partial charge in [-0.1, -0.05) is 25.9 Å². The lowest BCUT2D eigenvalue weighted by molar-refractivity contribution is 0.0767. The van der Waals surface area contributed by atoms with Crippen LogP contribution in [0.25, 0.3) is 0 Å². The van der Waals surface area contributed by atoms with E-state index in [0.717, 1.165) is 6.54 Å². The van der Waals surface area contributed by atoms with Gasteiger partial charge in [0, 0.05) is 12.0 Å². The SMILES string of the molecule is CN(CCOCCO)Cc1noc(C(C)(C)C)n1. The van der Waals surface area contributed by atoms with Crippen LogP contribution in [0.1, 0.15) is 32.5 Å². The van der Waals surface area contributed by atoms with Gasteiger partial charge in [0.1, 0.15) is 0 Å². The summed E-state index contributed by atoms with van der Waals surface area (Å²) in [5, 5.41) is 12.5. The van der Waals surface area contributed by atoms with Gasteiger partial charge in [-0.25, -0.2) is 0 Å². The Kier molecular flexibility index (Phi) is 5.71. The Labute approximate surface area is 108 Å². The molecule has 0 spiro atoms. The van der Waals surface area contributed by atoms with E-state index >= 15 is 0 Å². The molecule has 1 N–H and O–H groups in total. The summed E-state index contributed by atoms with van der Waals surface area (Å²) in [6.07, 6.45) is 0. The Morgan fingerprint density at radius 2 is 2.06 bits per heavy atom. The monoisotopic (exact) mass is 257 g/mol. The largest absolute Gasteiger partial charge is 0.394 e. The lowest BCUT2D eigenvalue weighted by Crippen LogP contribution is -2.24. The average Bonchev–Trinajstić information content (AvgIpc) is 2.72. The van der Waals surface area contributed by atoms with Crippen molar-refractivity contribution in [2.45, 2.75) is 32.7 Å². The van der Waals surface area contributed by atoms with Crippen LogP contribution in [0.4, 0.5) is 0 Å². The number of ether oxygens (including phenoxy) is 1. The topological polar surface area (TPSA) is 71.6 Å². The summed E-state index contributed by atoms with van der Waals surface area (Å²) in [5.41, 5.74) is -0.117. The molecule has 18 heavy (non-hydrogen) atoms. The van der Waals surface area contributed by atoms with Gasteiger partial charge in [0.2, 0.25) is 5.89 Å². The van der Waals surface area contributed by atoms with E-state index in [0.29, 0.717) is 31.5 Å². The second-order valence-electron chi connectivity index (χ2n) is 5.34. The predicted molar refractivity (Wildman–Crippen MR) is 67.2 cm³/mol. The molecule has 0 aliphatic carbocycles. The molecule has 0 aliphatic rings. The Morgan fingerprint density at radius 3 is 2.61 bits per heavy atom. The minimum atomic E-state index is -0.117. The molecule has 6 heteroatoms. The molecule has 0 atom stereocenters. The summed E-state index contributed by atoms with van der Waals surface area (Å²) in [7, 11) is 1.97. The number of hydrogen-bond acceptors (Lipinski definition) is 6. The lowest BCUT2D eigenvalue weighted by Gasteiger charge is -2.14. The van der Waals surface area contributed by atoms with Gasteiger partial charge in [0.25, 0.3) is 0 Å². The quantitative estimate of drug-likeness (QED) is 0.729. The predicted octanol–water partition coefficient (Wildman–Crippen LogP) is 0.808. The Bertz CT molecular complexity index is 347. The number of rotatable bonds is 7. The van der Waals surface area contributed by atoms with E-state index in [1.54, 1.807) is 0 Å². The molecule has 0 aliphatic heterocycles. The van der Waals surface area contributed by atoms with Crippen molar-refractivity contribution in [1.82, 2.24) is 15.0 Å². The fourth-order valence-electron chi connectivity index (χ4n) is 1.33. The molecule has 1 aromatic heterocycles. The van der Waals surface area contributed by atoms with Gasteiger partial charge >= 0.3 is 0 Å². The van der Waals surface area contributed by atoms with Crippen LogP contribution in [-0.2, 0) is 16.7 Å². The standard InChI is InChI=1S/C12H23N3O3/c1-12(2,3)11-13-10(14-18-11)9-15(4)5-7-17-8-6-16/h16H,5-9H2,1-4H3. The van der Waals surface area contributed by atoms with Crippen LogP contribution in [0.2, 0.25) is 0 Å². The van der Waals surface area contributed by atoms with Crippen molar-refractivity contribution in [3.8, 4) is 0 Å². The van der Waals surface area contributed by atoms with Gasteiger partial charge < -0.3 is 14.4 Å². The van der Waals surface area contributed by atoms with Gasteiger partial charge in [-0.05, 0) is 7.05 Å². The Balaban J connectivity index is 2.35. The summed E-state index contributed by atoms with van der Waals surface area (Å²) < 4.78 is 10.4. The molecule has 6 nitrogen and oxygen atoms in total. The lowest BCUT2D eigenvalue weighted by atomic mass is 9.97. The first-order valence-corrected chi connectivity index (χ1v) is 6.13. The number of likely N-dealkylation sites (N-methyl/N-ethyl adjacent to an activating group) is 1. The van der Waals surface area contributed by atoms with E-state index in [2.05, 4.69) is 15.0 Å². The van der Waals surface area contributed by atoms with Crippen LogP contribution in [0.3, 0.4) is 0 Å². The molecule has 0 amide bonds. The van der Waals surface area contributed by atoms with Gasteiger partial charge in [-0.2, -0.15) is 4.98 Å². The maximum absolute atomic E-state index is 8.57. The fourth-order valence-corrected chi connectivity index (χ4v) is 1.33. The summed E-state index contributed by atoms with van der Waals surface area (Å²) in [6.45, 7) is 8.53. The van der Waals surface area contributed by atoms with Crippen LogP contribution in [0, 0.1) is 0 Å². The third kappa shape index (κ3) is 5.12. The third-order valence-corrected chi connectivity index (χ3v) is 2.37. The normalized spacial score (nSPS) is 12.3. The summed E-state index contributed by atoms with van der Waals surface area (Å²) in [5.74, 6) is 1.34. The van der Waals surface area contributed by atoms with Crippen molar-refractivity contribution in [2.24, 2.45) is 0 Å². The van der Waals surface area contributed by atoms with Gasteiger partial charge in [-0.15, -0.1) is 0 Å². The molecule has 1 rings (SSSR count). The first-order valence-electron chi connectivity index (χ1n) is 6.13. The van der Waals surface area contributed by atoms with Crippen molar-refractivity contribution in [3.05, 3.63) is 11.7 Å². The summed E-state index contributed by atoms with van der Waals surface area (Å²) in [6, 6.07) is 0. The minimum absolute atomic E-state index is 0.0590. The average molecular weight is 257 g/mol. The van der Waals surface area contributed by atoms with E-state index < -0.39 is 0 Å². The van der Waals surface area contributed by atoms with Crippen molar-refractivity contribution >= 4 is 0 Å². The molecule has 0 aromatic carbocycles. The van der Waals surface area contributed by atoms with Crippen LogP contribution >= 0.6 is 0 Å². The van der Waals surface area contributed by atoms with Crippen LogP contribution in [-0.4, -0.2) is 53.6 Å². The highest BCUT2D eigenvalue weighted by molar-refractivity contribution is 4.98. The molecular weight excluding hydrogens is 234 g/mol. The highest BCUT2D eigenvalue weighted by atomic mass is 16.5. The second-order valence-corrected chi connectivity index (χ2v) is 5.34. The van der Waals surface area contributed by atoms with E-state index in [1.807, 2.05) is 27.8 Å². The smallest absolute Gasteiger partial charge is 0.232 e. The van der Waals surface area contributed by atoms with Crippen molar-refractivity contribution in [2.75, 3.05) is 33.4 Å². The van der Waals surface area contributed by atoms with E-state index in [9.17, 15) is 0 Å². The maximum Gasteiger partial charge on any atom is 0.232 e. The number of nitrogens with zero attached hydrogens (tertiary/aromatic N) is 3. The van der Waals surface area contributed by atoms with Crippen LogP contribution < -0.4 is 0 Å². The summed E-state index contributed by atoms with van der Waals surface area (Å²) in [4.78, 5) is 6.42. The van der Waals surface area contributed by atoms with E-state index in [-0.39, 0.29) is 12.0 Å². The third-order valence-electron chi connectivity index (χ3n) is 2.37. The highest BCUT2D eigenvalue weighted by Gasteiger charge is 2.21. The molecule has 0 saturated heterocycles. The van der Waals surface area contributed by atoms with Gasteiger partial charge in [0.15, 0.2) is 5.82 Å². The first-order chi connectivity index (χ1) is 8.43. The van der Waals surface area contributed by atoms with Crippen LogP contribution in [0.5, 0.6) is 0 Å². The zero-order valence-corrected chi connectivity index (χ0v) is 11.6. The molecule has 0 radical (unpaired) electrons. The zero-order valence-electron chi connectivity index (χ0n) is 11.6. The minimum Gasteiger partial charge on any atom is -0.394 e. The molecule has 0 fully saturated rings. The number of aliphatic hydroxyl groups excluding tert-OH is 1. The number of aromatic nitrogens is 2.